The average molecular weight is 323 g/mol. The Morgan fingerprint density at radius 2 is 1.35 bits per heavy atom. The molecule has 23 heavy (non-hydrogen) atoms. The van der Waals surface area contributed by atoms with E-state index < -0.39 is 0 Å². The van der Waals surface area contributed by atoms with Crippen LogP contribution in [0.1, 0.15) is 77.2 Å². The molecular formula is C20H38N2O. The topological polar surface area (TPSA) is 61.3 Å². The van der Waals surface area contributed by atoms with Gasteiger partial charge < -0.3 is 16.2 Å². The van der Waals surface area contributed by atoms with Crippen molar-refractivity contribution in [2.75, 3.05) is 13.2 Å². The van der Waals surface area contributed by atoms with E-state index in [9.17, 15) is 0 Å². The summed E-state index contributed by atoms with van der Waals surface area (Å²) < 4.78 is 5.35. The van der Waals surface area contributed by atoms with Crippen LogP contribution < -0.4 is 16.2 Å². The van der Waals surface area contributed by atoms with E-state index in [1.54, 1.807) is 0 Å². The second kappa shape index (κ2) is 17.3. The van der Waals surface area contributed by atoms with Gasteiger partial charge in [0.2, 0.25) is 0 Å². The summed E-state index contributed by atoms with van der Waals surface area (Å²) in [4.78, 5) is 0. The van der Waals surface area contributed by atoms with Crippen LogP contribution in [-0.2, 0) is 6.54 Å². The molecular weight excluding hydrogens is 284 g/mol. The molecule has 134 valence electrons. The smallest absolute Gasteiger partial charge is 0.123 e. The van der Waals surface area contributed by atoms with Gasteiger partial charge in [-0.15, -0.1) is 0 Å². The van der Waals surface area contributed by atoms with Gasteiger partial charge in [-0.3, -0.25) is 0 Å². The molecule has 0 spiro atoms. The molecule has 3 nitrogen and oxygen atoms in total. The first-order valence-corrected chi connectivity index (χ1v) is 9.40. The lowest BCUT2D eigenvalue weighted by Crippen LogP contribution is -2.01. The van der Waals surface area contributed by atoms with E-state index in [-0.39, 0.29) is 0 Å². The van der Waals surface area contributed by atoms with Crippen molar-refractivity contribution in [1.82, 2.24) is 0 Å². The summed E-state index contributed by atoms with van der Waals surface area (Å²) in [5.74, 6) is 0.900. The summed E-state index contributed by atoms with van der Waals surface area (Å²) in [5.41, 5.74) is 12.0. The summed E-state index contributed by atoms with van der Waals surface area (Å²) in [5, 5.41) is 0. The number of benzene rings is 1. The van der Waals surface area contributed by atoms with Crippen LogP contribution in [0.3, 0.4) is 0 Å². The Kier molecular flexibility index (Phi) is 16.5. The minimum absolute atomic E-state index is 0.538. The first-order chi connectivity index (χ1) is 11.3. The van der Waals surface area contributed by atoms with Crippen LogP contribution in [0, 0.1) is 0 Å². The van der Waals surface area contributed by atoms with E-state index in [1.807, 2.05) is 31.2 Å². The van der Waals surface area contributed by atoms with Gasteiger partial charge in [-0.05, 0) is 26.0 Å². The molecule has 0 amide bonds. The summed E-state index contributed by atoms with van der Waals surface area (Å²) in [6.07, 6.45) is 12.5. The maximum absolute atomic E-state index is 5.50. The molecule has 0 saturated heterocycles. The van der Waals surface area contributed by atoms with Gasteiger partial charge in [0.15, 0.2) is 0 Å². The summed E-state index contributed by atoms with van der Waals surface area (Å²) in [6, 6.07) is 7.82. The lowest BCUT2D eigenvalue weighted by molar-refractivity contribution is 0.336. The third-order valence-electron chi connectivity index (χ3n) is 3.80. The van der Waals surface area contributed by atoms with Crippen LogP contribution >= 0.6 is 0 Å². The number of hydrogen-bond acceptors (Lipinski definition) is 3. The fourth-order valence-electron chi connectivity index (χ4n) is 2.42. The molecule has 0 aliphatic heterocycles. The highest BCUT2D eigenvalue weighted by Gasteiger charge is 1.97. The van der Waals surface area contributed by atoms with E-state index in [2.05, 4.69) is 6.92 Å². The molecule has 0 heterocycles. The molecule has 0 atom stereocenters. The SMILES string of the molecule is CCCCCCCCCCCN.CCOc1ccccc1CN. The number of unbranched alkanes of at least 4 members (excludes halogenated alkanes) is 8. The molecule has 0 aliphatic rings. The number of hydrogen-bond donors (Lipinski definition) is 2. The minimum atomic E-state index is 0.538. The molecule has 0 unspecified atom stereocenters. The van der Waals surface area contributed by atoms with Gasteiger partial charge in [-0.2, -0.15) is 0 Å². The van der Waals surface area contributed by atoms with Crippen LogP contribution in [0.15, 0.2) is 24.3 Å². The van der Waals surface area contributed by atoms with Crippen LogP contribution in [0.2, 0.25) is 0 Å². The van der Waals surface area contributed by atoms with Crippen molar-refractivity contribution in [3.8, 4) is 5.75 Å². The Balaban J connectivity index is 0.000000422. The van der Waals surface area contributed by atoms with Crippen LogP contribution in [0.4, 0.5) is 0 Å². The fourth-order valence-corrected chi connectivity index (χ4v) is 2.42. The molecule has 1 aromatic rings. The van der Waals surface area contributed by atoms with Crippen molar-refractivity contribution in [3.63, 3.8) is 0 Å². The van der Waals surface area contributed by atoms with Gasteiger partial charge in [0.25, 0.3) is 0 Å². The average Bonchev–Trinajstić information content (AvgIpc) is 2.59. The predicted molar refractivity (Wildman–Crippen MR) is 102 cm³/mol. The van der Waals surface area contributed by atoms with Gasteiger partial charge in [-0.1, -0.05) is 76.5 Å². The first-order valence-electron chi connectivity index (χ1n) is 9.40. The molecule has 0 aromatic heterocycles. The van der Waals surface area contributed by atoms with Crippen molar-refractivity contribution in [1.29, 1.82) is 0 Å². The summed E-state index contributed by atoms with van der Waals surface area (Å²) in [6.45, 7) is 6.33. The van der Waals surface area contributed by atoms with Crippen molar-refractivity contribution in [2.45, 2.75) is 78.2 Å². The van der Waals surface area contributed by atoms with E-state index >= 15 is 0 Å². The number of ether oxygens (including phenoxy) is 1. The van der Waals surface area contributed by atoms with Crippen LogP contribution in [0.5, 0.6) is 5.75 Å². The van der Waals surface area contributed by atoms with Crippen LogP contribution in [-0.4, -0.2) is 13.2 Å². The Labute approximate surface area is 143 Å². The van der Waals surface area contributed by atoms with Crippen molar-refractivity contribution >= 4 is 0 Å². The van der Waals surface area contributed by atoms with Gasteiger partial charge in [0.05, 0.1) is 6.61 Å². The third kappa shape index (κ3) is 13.1. The van der Waals surface area contributed by atoms with Crippen molar-refractivity contribution in [3.05, 3.63) is 29.8 Å². The fraction of sp³-hybridized carbons (Fsp3) is 0.700. The highest BCUT2D eigenvalue weighted by atomic mass is 16.5. The number of nitrogens with two attached hydrogens (primary N) is 2. The largest absolute Gasteiger partial charge is 0.494 e. The lowest BCUT2D eigenvalue weighted by atomic mass is 10.1. The monoisotopic (exact) mass is 322 g/mol. The van der Waals surface area contributed by atoms with Crippen LogP contribution in [0.25, 0.3) is 0 Å². The molecule has 0 radical (unpaired) electrons. The zero-order valence-corrected chi connectivity index (χ0v) is 15.4. The van der Waals surface area contributed by atoms with Crippen molar-refractivity contribution in [2.24, 2.45) is 11.5 Å². The maximum atomic E-state index is 5.50. The number of rotatable bonds is 12. The molecule has 0 fully saturated rings. The zero-order valence-electron chi connectivity index (χ0n) is 15.4. The second-order valence-electron chi connectivity index (χ2n) is 5.86. The Morgan fingerprint density at radius 3 is 1.87 bits per heavy atom. The Bertz CT molecular complexity index is 345. The van der Waals surface area contributed by atoms with E-state index in [4.69, 9.17) is 16.2 Å². The zero-order chi connectivity index (χ0) is 17.2. The minimum Gasteiger partial charge on any atom is -0.494 e. The molecule has 1 rings (SSSR count). The normalized spacial score (nSPS) is 10.1. The molecule has 0 bridgehead atoms. The third-order valence-corrected chi connectivity index (χ3v) is 3.80. The molecule has 1 aromatic carbocycles. The van der Waals surface area contributed by atoms with Gasteiger partial charge in [0.1, 0.15) is 5.75 Å². The van der Waals surface area contributed by atoms with Gasteiger partial charge in [-0.25, -0.2) is 0 Å². The predicted octanol–water partition coefficient (Wildman–Crippen LogP) is 5.02. The maximum Gasteiger partial charge on any atom is 0.123 e. The van der Waals surface area contributed by atoms with Gasteiger partial charge >= 0.3 is 0 Å². The highest BCUT2D eigenvalue weighted by Crippen LogP contribution is 2.16. The van der Waals surface area contributed by atoms with Crippen molar-refractivity contribution < 1.29 is 4.74 Å². The standard InChI is InChI=1S/C11H25N.C9H13NO/c1-2-3-4-5-6-7-8-9-10-11-12;1-2-11-9-6-4-3-5-8(9)7-10/h2-12H2,1H3;3-6H,2,7,10H2,1H3. The first kappa shape index (κ1) is 21.9. The molecule has 4 N–H and O–H groups in total. The van der Waals surface area contributed by atoms with E-state index in [1.165, 1.54) is 57.8 Å². The van der Waals surface area contributed by atoms with E-state index in [0.717, 1.165) is 17.9 Å². The second-order valence-corrected chi connectivity index (χ2v) is 5.86. The molecule has 3 heteroatoms. The molecule has 0 saturated carbocycles. The summed E-state index contributed by atoms with van der Waals surface area (Å²) in [7, 11) is 0. The quantitative estimate of drug-likeness (QED) is 0.531. The Hall–Kier alpha value is -1.06. The highest BCUT2D eigenvalue weighted by molar-refractivity contribution is 5.32. The van der Waals surface area contributed by atoms with Gasteiger partial charge in [0, 0.05) is 12.1 Å². The lowest BCUT2D eigenvalue weighted by Gasteiger charge is -2.06. The van der Waals surface area contributed by atoms with E-state index in [0.29, 0.717) is 13.2 Å². The molecule has 0 aliphatic carbocycles. The summed E-state index contributed by atoms with van der Waals surface area (Å²) >= 11 is 0. The Morgan fingerprint density at radius 1 is 0.783 bits per heavy atom. The number of para-hydroxylation sites is 1.